The van der Waals surface area contributed by atoms with Crippen molar-refractivity contribution in [2.75, 3.05) is 0 Å². The highest BCUT2D eigenvalue weighted by atomic mass is 14.6. The molecule has 0 radical (unpaired) electrons. The van der Waals surface area contributed by atoms with Crippen molar-refractivity contribution in [2.24, 2.45) is 5.73 Å². The van der Waals surface area contributed by atoms with Gasteiger partial charge in [0.2, 0.25) is 0 Å². The summed E-state index contributed by atoms with van der Waals surface area (Å²) in [7, 11) is 0. The van der Waals surface area contributed by atoms with Gasteiger partial charge in [-0.3, -0.25) is 0 Å². The highest BCUT2D eigenvalue weighted by Gasteiger charge is 2.05. The maximum Gasteiger partial charge on any atom is 0.0294 e. The van der Waals surface area contributed by atoms with Crippen LogP contribution in [0.5, 0.6) is 0 Å². The maximum atomic E-state index is 6.10. The fraction of sp³-hybridized carbons (Fsp3) is 0.538. The molecule has 0 fully saturated rings. The van der Waals surface area contributed by atoms with E-state index in [0.29, 0.717) is 0 Å². The third-order valence-corrected chi connectivity index (χ3v) is 2.83. The molecule has 0 heterocycles. The summed E-state index contributed by atoms with van der Waals surface area (Å²) in [5, 5.41) is 0. The Balaban J connectivity index is 2.70. The Kier molecular flexibility index (Phi) is 4.15. The van der Waals surface area contributed by atoms with Crippen LogP contribution in [-0.4, -0.2) is 0 Å². The van der Waals surface area contributed by atoms with Gasteiger partial charge in [0, 0.05) is 6.04 Å². The molecule has 1 heteroatoms. The SMILES string of the molecule is CCCC[C@@H](N)c1ccc(C)c(C)c1. The standard InChI is InChI=1S/C13H21N/c1-4-5-6-13(14)12-8-7-10(2)11(3)9-12/h7-9,13H,4-6,14H2,1-3H3/t13-/m1/s1. The summed E-state index contributed by atoms with van der Waals surface area (Å²) >= 11 is 0. The molecule has 1 nitrogen and oxygen atoms in total. The Labute approximate surface area is 87.3 Å². The van der Waals surface area contributed by atoms with E-state index in [-0.39, 0.29) is 6.04 Å². The summed E-state index contributed by atoms with van der Waals surface area (Å²) < 4.78 is 0. The summed E-state index contributed by atoms with van der Waals surface area (Å²) in [6.07, 6.45) is 3.53. The van der Waals surface area contributed by atoms with Crippen molar-refractivity contribution in [3.05, 3.63) is 34.9 Å². The minimum Gasteiger partial charge on any atom is -0.324 e. The quantitative estimate of drug-likeness (QED) is 0.774. The lowest BCUT2D eigenvalue weighted by atomic mass is 9.98. The highest BCUT2D eigenvalue weighted by Crippen LogP contribution is 2.19. The fourth-order valence-corrected chi connectivity index (χ4v) is 1.59. The zero-order valence-electron chi connectivity index (χ0n) is 9.51. The van der Waals surface area contributed by atoms with E-state index in [9.17, 15) is 0 Å². The topological polar surface area (TPSA) is 26.0 Å². The van der Waals surface area contributed by atoms with Crippen molar-refractivity contribution in [1.82, 2.24) is 0 Å². The van der Waals surface area contributed by atoms with Gasteiger partial charge in [0.1, 0.15) is 0 Å². The van der Waals surface area contributed by atoms with Gasteiger partial charge in [-0.15, -0.1) is 0 Å². The Bertz CT molecular complexity index is 291. The van der Waals surface area contributed by atoms with Gasteiger partial charge in [-0.1, -0.05) is 38.0 Å². The molecule has 1 aromatic rings. The van der Waals surface area contributed by atoms with Crippen LogP contribution in [0.4, 0.5) is 0 Å². The molecule has 0 aromatic heterocycles. The molecule has 0 saturated heterocycles. The lowest BCUT2D eigenvalue weighted by molar-refractivity contribution is 0.603. The van der Waals surface area contributed by atoms with Gasteiger partial charge in [0.05, 0.1) is 0 Å². The van der Waals surface area contributed by atoms with Crippen LogP contribution in [0.1, 0.15) is 48.9 Å². The van der Waals surface area contributed by atoms with Gasteiger partial charge >= 0.3 is 0 Å². The first-order valence-corrected chi connectivity index (χ1v) is 5.48. The van der Waals surface area contributed by atoms with E-state index >= 15 is 0 Å². The minimum atomic E-state index is 0.217. The van der Waals surface area contributed by atoms with Crippen LogP contribution in [0.2, 0.25) is 0 Å². The largest absolute Gasteiger partial charge is 0.324 e. The highest BCUT2D eigenvalue weighted by molar-refractivity contribution is 5.31. The normalized spacial score (nSPS) is 12.9. The molecule has 0 bridgehead atoms. The molecule has 78 valence electrons. The lowest BCUT2D eigenvalue weighted by Crippen LogP contribution is -2.10. The van der Waals surface area contributed by atoms with Crippen molar-refractivity contribution in [2.45, 2.75) is 46.1 Å². The van der Waals surface area contributed by atoms with Gasteiger partial charge in [-0.05, 0) is 37.0 Å². The molecule has 1 atom stereocenters. The van der Waals surface area contributed by atoms with E-state index in [0.717, 1.165) is 6.42 Å². The second-order valence-corrected chi connectivity index (χ2v) is 4.09. The molecule has 0 spiro atoms. The van der Waals surface area contributed by atoms with Crippen LogP contribution in [0.15, 0.2) is 18.2 Å². The monoisotopic (exact) mass is 191 g/mol. The molecule has 0 aliphatic rings. The molecule has 0 saturated carbocycles. The Hall–Kier alpha value is -0.820. The number of rotatable bonds is 4. The summed E-state index contributed by atoms with van der Waals surface area (Å²) in [5.41, 5.74) is 10.1. The molecule has 1 rings (SSSR count). The summed E-state index contributed by atoms with van der Waals surface area (Å²) in [6.45, 7) is 6.48. The lowest BCUT2D eigenvalue weighted by Gasteiger charge is -2.13. The summed E-state index contributed by atoms with van der Waals surface area (Å²) in [5.74, 6) is 0. The molecular formula is C13H21N. The molecule has 14 heavy (non-hydrogen) atoms. The number of nitrogens with two attached hydrogens (primary N) is 1. The molecule has 0 unspecified atom stereocenters. The second-order valence-electron chi connectivity index (χ2n) is 4.09. The van der Waals surface area contributed by atoms with Crippen molar-refractivity contribution in [1.29, 1.82) is 0 Å². The van der Waals surface area contributed by atoms with Gasteiger partial charge in [-0.25, -0.2) is 0 Å². The molecule has 0 amide bonds. The summed E-state index contributed by atoms with van der Waals surface area (Å²) in [6, 6.07) is 6.75. The molecule has 2 N–H and O–H groups in total. The zero-order valence-corrected chi connectivity index (χ0v) is 9.51. The van der Waals surface area contributed by atoms with Crippen LogP contribution >= 0.6 is 0 Å². The van der Waals surface area contributed by atoms with Crippen molar-refractivity contribution >= 4 is 0 Å². The smallest absolute Gasteiger partial charge is 0.0294 e. The van der Waals surface area contributed by atoms with E-state index < -0.39 is 0 Å². The van der Waals surface area contributed by atoms with Crippen molar-refractivity contribution in [3.8, 4) is 0 Å². The average Bonchev–Trinajstić information content (AvgIpc) is 2.18. The molecular weight excluding hydrogens is 170 g/mol. The van der Waals surface area contributed by atoms with Crippen LogP contribution in [0.25, 0.3) is 0 Å². The second kappa shape index (κ2) is 5.16. The van der Waals surface area contributed by atoms with E-state index in [2.05, 4.69) is 39.0 Å². The Morgan fingerprint density at radius 1 is 1.21 bits per heavy atom. The molecule has 0 aliphatic carbocycles. The zero-order chi connectivity index (χ0) is 10.6. The van der Waals surface area contributed by atoms with Gasteiger partial charge < -0.3 is 5.73 Å². The van der Waals surface area contributed by atoms with E-state index in [1.165, 1.54) is 29.5 Å². The van der Waals surface area contributed by atoms with Crippen molar-refractivity contribution in [3.63, 3.8) is 0 Å². The Morgan fingerprint density at radius 2 is 1.93 bits per heavy atom. The maximum absolute atomic E-state index is 6.10. The number of hydrogen-bond donors (Lipinski definition) is 1. The van der Waals surface area contributed by atoms with Gasteiger partial charge in [-0.2, -0.15) is 0 Å². The first kappa shape index (κ1) is 11.3. The summed E-state index contributed by atoms with van der Waals surface area (Å²) in [4.78, 5) is 0. The number of unbranched alkanes of at least 4 members (excludes halogenated alkanes) is 1. The van der Waals surface area contributed by atoms with Crippen LogP contribution < -0.4 is 5.73 Å². The van der Waals surface area contributed by atoms with Gasteiger partial charge in [0.15, 0.2) is 0 Å². The first-order valence-electron chi connectivity index (χ1n) is 5.48. The van der Waals surface area contributed by atoms with Crippen LogP contribution in [0.3, 0.4) is 0 Å². The minimum absolute atomic E-state index is 0.217. The first-order chi connectivity index (χ1) is 6.65. The third-order valence-electron chi connectivity index (χ3n) is 2.83. The van der Waals surface area contributed by atoms with Crippen molar-refractivity contribution < 1.29 is 0 Å². The molecule has 0 aliphatic heterocycles. The van der Waals surface area contributed by atoms with E-state index in [1.807, 2.05) is 0 Å². The fourth-order valence-electron chi connectivity index (χ4n) is 1.59. The Morgan fingerprint density at radius 3 is 2.50 bits per heavy atom. The predicted octanol–water partition coefficient (Wildman–Crippen LogP) is 3.49. The third kappa shape index (κ3) is 2.85. The number of hydrogen-bond acceptors (Lipinski definition) is 1. The number of aryl methyl sites for hydroxylation is 2. The number of benzene rings is 1. The predicted molar refractivity (Wildman–Crippen MR) is 62.4 cm³/mol. The van der Waals surface area contributed by atoms with Crippen LogP contribution in [-0.2, 0) is 0 Å². The van der Waals surface area contributed by atoms with E-state index in [4.69, 9.17) is 5.73 Å². The van der Waals surface area contributed by atoms with E-state index in [1.54, 1.807) is 0 Å². The molecule has 1 aromatic carbocycles. The van der Waals surface area contributed by atoms with Gasteiger partial charge in [0.25, 0.3) is 0 Å². The average molecular weight is 191 g/mol. The van der Waals surface area contributed by atoms with Crippen LogP contribution in [0, 0.1) is 13.8 Å².